The summed E-state index contributed by atoms with van der Waals surface area (Å²) in [4.78, 5) is 15.5. The molecule has 0 aliphatic heterocycles. The van der Waals surface area contributed by atoms with E-state index in [0.717, 1.165) is 93.5 Å². The maximum absolute atomic E-state index is 6.49. The fourth-order valence-corrected chi connectivity index (χ4v) is 8.41. The van der Waals surface area contributed by atoms with Crippen LogP contribution in [-0.2, 0) is 0 Å². The summed E-state index contributed by atoms with van der Waals surface area (Å²) < 4.78 is 15.0. The van der Waals surface area contributed by atoms with Crippen LogP contribution in [0.4, 0.5) is 0 Å². The molecule has 6 nitrogen and oxygen atoms in total. The molecular formula is C51H30N4O2. The minimum absolute atomic E-state index is 0.542. The van der Waals surface area contributed by atoms with E-state index in [-0.39, 0.29) is 0 Å². The molecule has 0 radical (unpaired) electrons. The van der Waals surface area contributed by atoms with E-state index in [0.29, 0.717) is 17.6 Å². The number of para-hydroxylation sites is 2. The Balaban J connectivity index is 1.04. The van der Waals surface area contributed by atoms with Crippen molar-refractivity contribution in [1.82, 2.24) is 19.5 Å². The van der Waals surface area contributed by atoms with Crippen molar-refractivity contribution >= 4 is 65.7 Å². The van der Waals surface area contributed by atoms with Crippen LogP contribution in [0, 0.1) is 0 Å². The summed E-state index contributed by atoms with van der Waals surface area (Å²) in [6.45, 7) is 0. The second-order valence-corrected chi connectivity index (χ2v) is 14.4. The summed E-state index contributed by atoms with van der Waals surface area (Å²) in [6.07, 6.45) is 0. The molecule has 0 N–H and O–H groups in total. The van der Waals surface area contributed by atoms with E-state index in [1.807, 2.05) is 60.7 Å². The summed E-state index contributed by atoms with van der Waals surface area (Å²) in [5.41, 5.74) is 11.6. The highest BCUT2D eigenvalue weighted by Gasteiger charge is 2.20. The molecule has 0 bridgehead atoms. The molecule has 57 heavy (non-hydrogen) atoms. The molecule has 0 spiro atoms. The van der Waals surface area contributed by atoms with Crippen LogP contribution in [0.2, 0.25) is 0 Å². The smallest absolute Gasteiger partial charge is 0.238 e. The first-order valence-electron chi connectivity index (χ1n) is 19.0. The van der Waals surface area contributed by atoms with Crippen LogP contribution in [0.25, 0.3) is 117 Å². The largest absolute Gasteiger partial charge is 0.456 e. The van der Waals surface area contributed by atoms with Gasteiger partial charge in [0.15, 0.2) is 11.6 Å². The van der Waals surface area contributed by atoms with Crippen molar-refractivity contribution in [3.63, 3.8) is 0 Å². The number of hydrogen-bond acceptors (Lipinski definition) is 5. The average molecular weight is 731 g/mol. The summed E-state index contributed by atoms with van der Waals surface area (Å²) in [5, 5.41) is 6.49. The van der Waals surface area contributed by atoms with Crippen LogP contribution in [-0.4, -0.2) is 19.5 Å². The molecule has 0 saturated carbocycles. The zero-order valence-corrected chi connectivity index (χ0v) is 30.4. The first kappa shape index (κ1) is 31.5. The fourth-order valence-electron chi connectivity index (χ4n) is 8.41. The molecule has 0 aliphatic rings. The first-order valence-corrected chi connectivity index (χ1v) is 19.0. The predicted octanol–water partition coefficient (Wildman–Crippen LogP) is 13.4. The Morgan fingerprint density at radius 3 is 1.82 bits per heavy atom. The second-order valence-electron chi connectivity index (χ2n) is 14.4. The summed E-state index contributed by atoms with van der Waals surface area (Å²) in [6, 6.07) is 62.7. The number of nitrogens with zero attached hydrogens (tertiary/aromatic N) is 4. The van der Waals surface area contributed by atoms with Gasteiger partial charge in [0.2, 0.25) is 5.95 Å². The highest BCUT2D eigenvalue weighted by Crippen LogP contribution is 2.40. The van der Waals surface area contributed by atoms with Gasteiger partial charge in [-0.15, -0.1) is 0 Å². The predicted molar refractivity (Wildman–Crippen MR) is 230 cm³/mol. The van der Waals surface area contributed by atoms with Crippen molar-refractivity contribution in [2.75, 3.05) is 0 Å². The maximum atomic E-state index is 6.49. The monoisotopic (exact) mass is 730 g/mol. The molecule has 0 amide bonds. The number of benzene rings is 8. The van der Waals surface area contributed by atoms with Gasteiger partial charge < -0.3 is 8.83 Å². The lowest BCUT2D eigenvalue weighted by molar-refractivity contribution is 0.669. The van der Waals surface area contributed by atoms with Gasteiger partial charge in [0, 0.05) is 43.4 Å². The normalized spacial score (nSPS) is 11.9. The zero-order chi connectivity index (χ0) is 37.5. The van der Waals surface area contributed by atoms with Crippen LogP contribution in [0.3, 0.4) is 0 Å². The van der Waals surface area contributed by atoms with E-state index in [1.54, 1.807) is 0 Å². The van der Waals surface area contributed by atoms with Crippen LogP contribution < -0.4 is 0 Å². The maximum Gasteiger partial charge on any atom is 0.238 e. The summed E-state index contributed by atoms with van der Waals surface area (Å²) in [5.74, 6) is 1.72. The Morgan fingerprint density at radius 2 is 0.965 bits per heavy atom. The quantitative estimate of drug-likeness (QED) is 0.176. The lowest BCUT2D eigenvalue weighted by Gasteiger charge is -2.11. The number of aromatic nitrogens is 4. The molecule has 12 aromatic rings. The van der Waals surface area contributed by atoms with E-state index in [4.69, 9.17) is 23.8 Å². The zero-order valence-electron chi connectivity index (χ0n) is 30.4. The molecule has 0 unspecified atom stereocenters. The highest BCUT2D eigenvalue weighted by atomic mass is 16.3. The van der Waals surface area contributed by atoms with Crippen molar-refractivity contribution in [3.05, 3.63) is 182 Å². The van der Waals surface area contributed by atoms with Crippen LogP contribution >= 0.6 is 0 Å². The van der Waals surface area contributed by atoms with Crippen molar-refractivity contribution < 1.29 is 8.83 Å². The van der Waals surface area contributed by atoms with Gasteiger partial charge in [-0.3, -0.25) is 4.57 Å². The van der Waals surface area contributed by atoms with Gasteiger partial charge in [0.05, 0.1) is 11.0 Å². The summed E-state index contributed by atoms with van der Waals surface area (Å²) >= 11 is 0. The van der Waals surface area contributed by atoms with Crippen molar-refractivity contribution in [2.45, 2.75) is 0 Å². The van der Waals surface area contributed by atoms with Crippen LogP contribution in [0.15, 0.2) is 191 Å². The van der Waals surface area contributed by atoms with E-state index < -0.39 is 0 Å². The van der Waals surface area contributed by atoms with Crippen molar-refractivity contribution in [2.24, 2.45) is 0 Å². The van der Waals surface area contributed by atoms with Gasteiger partial charge >= 0.3 is 0 Å². The fraction of sp³-hybridized carbons (Fsp3) is 0. The van der Waals surface area contributed by atoms with Gasteiger partial charge in [-0.2, -0.15) is 9.97 Å². The van der Waals surface area contributed by atoms with Gasteiger partial charge in [-0.05, 0) is 70.8 Å². The number of hydrogen-bond donors (Lipinski definition) is 0. The molecule has 0 aliphatic carbocycles. The summed E-state index contributed by atoms with van der Waals surface area (Å²) in [7, 11) is 0. The minimum Gasteiger partial charge on any atom is -0.456 e. The molecule has 0 saturated heterocycles. The number of rotatable bonds is 5. The third kappa shape index (κ3) is 5.01. The Bertz CT molecular complexity index is 3530. The lowest BCUT2D eigenvalue weighted by Crippen LogP contribution is -2.06. The molecule has 0 fully saturated rings. The SMILES string of the molecule is c1ccc(-c2nc(-c3cccc(-c4ccc5c(c4)oc4cccc(-c6ccccc6)c45)c3)nc(-n3c4ccccc4c4cc5oc6ccccc6c5cc43)n2)cc1. The molecule has 12 rings (SSSR count). The molecule has 4 heterocycles. The molecule has 266 valence electrons. The number of fused-ring (bicyclic) bond motifs is 9. The Labute approximate surface area is 325 Å². The van der Waals surface area contributed by atoms with Crippen LogP contribution in [0.5, 0.6) is 0 Å². The highest BCUT2D eigenvalue weighted by molar-refractivity contribution is 6.17. The van der Waals surface area contributed by atoms with Gasteiger partial charge in [-0.1, -0.05) is 133 Å². The standard InChI is InChI=1S/C51H30N4O2/c1-3-13-31(14-4-1)36-21-12-24-45-48(36)39-26-25-34(28-46(39)57-45)33-17-11-18-35(27-33)50-52-49(32-15-5-2-6-16-32)53-51(54-50)55-42-22-9-7-19-37(42)40-30-47-41(29-43(40)55)38-20-8-10-23-44(38)56-47/h1-30H. The van der Waals surface area contributed by atoms with Crippen molar-refractivity contribution in [1.29, 1.82) is 0 Å². The van der Waals surface area contributed by atoms with E-state index >= 15 is 0 Å². The Hall–Kier alpha value is -7.83. The molecule has 4 aromatic heterocycles. The van der Waals surface area contributed by atoms with Crippen molar-refractivity contribution in [3.8, 4) is 51.0 Å². The third-order valence-corrected chi connectivity index (χ3v) is 11.1. The van der Waals surface area contributed by atoms with E-state index in [1.165, 1.54) is 5.56 Å². The first-order chi connectivity index (χ1) is 28.2. The Kier molecular flexibility index (Phi) is 6.83. The van der Waals surface area contributed by atoms with Gasteiger partial charge in [0.1, 0.15) is 22.3 Å². The number of furan rings is 2. The van der Waals surface area contributed by atoms with Crippen LogP contribution in [0.1, 0.15) is 0 Å². The molecular weight excluding hydrogens is 701 g/mol. The third-order valence-electron chi connectivity index (χ3n) is 11.1. The van der Waals surface area contributed by atoms with Gasteiger partial charge in [-0.25, -0.2) is 4.98 Å². The second kappa shape index (κ2) is 12.3. The molecule has 8 aromatic carbocycles. The lowest BCUT2D eigenvalue weighted by atomic mass is 9.97. The Morgan fingerprint density at radius 1 is 0.333 bits per heavy atom. The van der Waals surface area contributed by atoms with E-state index in [9.17, 15) is 0 Å². The van der Waals surface area contributed by atoms with E-state index in [2.05, 4.69) is 126 Å². The molecule has 6 heteroatoms. The topological polar surface area (TPSA) is 69.9 Å². The average Bonchev–Trinajstić information content (AvgIpc) is 3.95. The minimum atomic E-state index is 0.542. The molecule has 0 atom stereocenters. The van der Waals surface area contributed by atoms with Gasteiger partial charge in [0.25, 0.3) is 0 Å².